The quantitative estimate of drug-likeness (QED) is 0.647. The smallest absolute Gasteiger partial charge is 0.393 e. The van der Waals surface area contributed by atoms with E-state index in [4.69, 9.17) is 4.74 Å². The van der Waals surface area contributed by atoms with E-state index < -0.39 is 18.7 Å². The van der Waals surface area contributed by atoms with E-state index in [2.05, 4.69) is 15.5 Å². The molecule has 1 saturated carbocycles. The molecule has 2 heterocycles. The fourth-order valence-corrected chi connectivity index (χ4v) is 3.98. The van der Waals surface area contributed by atoms with Crippen LogP contribution in [0.1, 0.15) is 31.2 Å². The number of hydrogen-bond donors (Lipinski definition) is 2. The van der Waals surface area contributed by atoms with E-state index >= 15 is 0 Å². The Bertz CT molecular complexity index is 1030. The molecule has 1 fully saturated rings. The highest BCUT2D eigenvalue weighted by molar-refractivity contribution is 5.80. The molecule has 9 heteroatoms. The lowest BCUT2D eigenvalue weighted by atomic mass is 9.93. The fraction of sp³-hybridized carbons (Fsp3) is 0.429. The zero-order valence-electron chi connectivity index (χ0n) is 16.5. The van der Waals surface area contributed by atoms with E-state index in [1.807, 2.05) is 0 Å². The molecule has 2 N–H and O–H groups in total. The molecule has 0 spiro atoms. The van der Waals surface area contributed by atoms with Crippen molar-refractivity contribution in [3.8, 4) is 17.0 Å². The summed E-state index contributed by atoms with van der Waals surface area (Å²) in [7, 11) is 1.41. The molecule has 3 aromatic rings. The maximum absolute atomic E-state index is 13.2. The molecule has 1 aromatic carbocycles. The number of nitrogens with one attached hydrogen (secondary N) is 1. The molecule has 6 nitrogen and oxygen atoms in total. The average Bonchev–Trinajstić information content (AvgIpc) is 3.19. The number of hydrogen-bond acceptors (Lipinski definition) is 5. The number of aliphatic hydroxyl groups is 1. The predicted octanol–water partition coefficient (Wildman–Crippen LogP) is 4.23. The highest BCUT2D eigenvalue weighted by Gasteiger charge is 2.30. The molecule has 1 aliphatic carbocycles. The summed E-state index contributed by atoms with van der Waals surface area (Å²) in [5.74, 6) is 0.803. The number of aromatic nitrogens is 3. The van der Waals surface area contributed by atoms with Gasteiger partial charge in [-0.3, -0.25) is 4.40 Å². The molecule has 2 atom stereocenters. The molecule has 2 aromatic heterocycles. The summed E-state index contributed by atoms with van der Waals surface area (Å²) in [6.07, 6.45) is -0.604. The van der Waals surface area contributed by atoms with Crippen molar-refractivity contribution >= 4 is 11.5 Å². The zero-order valence-corrected chi connectivity index (χ0v) is 16.5. The van der Waals surface area contributed by atoms with Gasteiger partial charge in [-0.2, -0.15) is 13.2 Å². The standard InChI is InChI=1S/C21H23F3N4O2/c1-30-14-8-9-15(13(11-14)12-21(22,23)24)19-17-6-4-10-28(17)20(27-26-19)25-16-5-2-3-7-18(16)29/h4,6,8-11,16,18,29H,2-3,5,7,12H2,1H3,(H,25,27)/t16-,18-/m1/s1. The summed E-state index contributed by atoms with van der Waals surface area (Å²) < 4.78 is 46.4. The van der Waals surface area contributed by atoms with Gasteiger partial charge < -0.3 is 15.2 Å². The second kappa shape index (κ2) is 8.14. The van der Waals surface area contributed by atoms with Crippen LogP contribution in [0.2, 0.25) is 0 Å². The minimum Gasteiger partial charge on any atom is -0.497 e. The van der Waals surface area contributed by atoms with Crippen molar-refractivity contribution in [2.24, 2.45) is 0 Å². The summed E-state index contributed by atoms with van der Waals surface area (Å²) in [4.78, 5) is 0. The minimum atomic E-state index is -4.37. The molecule has 0 aliphatic heterocycles. The summed E-state index contributed by atoms with van der Waals surface area (Å²) >= 11 is 0. The first-order valence-corrected chi connectivity index (χ1v) is 9.88. The van der Waals surface area contributed by atoms with Crippen molar-refractivity contribution in [3.05, 3.63) is 42.1 Å². The van der Waals surface area contributed by atoms with Gasteiger partial charge in [-0.25, -0.2) is 0 Å². The first-order valence-electron chi connectivity index (χ1n) is 9.88. The molecule has 160 valence electrons. The van der Waals surface area contributed by atoms with Gasteiger partial charge in [-0.1, -0.05) is 12.8 Å². The molecule has 1 aliphatic rings. The summed E-state index contributed by atoms with van der Waals surface area (Å²) in [6.45, 7) is 0. The number of aliphatic hydroxyl groups excluding tert-OH is 1. The predicted molar refractivity (Wildman–Crippen MR) is 107 cm³/mol. The van der Waals surface area contributed by atoms with E-state index in [0.717, 1.165) is 25.7 Å². The van der Waals surface area contributed by atoms with E-state index in [1.165, 1.54) is 13.2 Å². The van der Waals surface area contributed by atoms with Gasteiger partial charge in [0, 0.05) is 11.8 Å². The van der Waals surface area contributed by atoms with Crippen molar-refractivity contribution in [1.82, 2.24) is 14.6 Å². The van der Waals surface area contributed by atoms with Crippen LogP contribution in [-0.4, -0.2) is 45.1 Å². The summed E-state index contributed by atoms with van der Waals surface area (Å²) in [5.41, 5.74) is 1.42. The molecule has 0 bridgehead atoms. The van der Waals surface area contributed by atoms with Gasteiger partial charge in [-0.05, 0) is 48.7 Å². The Morgan fingerprint density at radius 1 is 1.20 bits per heavy atom. The highest BCUT2D eigenvalue weighted by atomic mass is 19.4. The van der Waals surface area contributed by atoms with Crippen LogP contribution in [0.3, 0.4) is 0 Å². The maximum atomic E-state index is 13.2. The van der Waals surface area contributed by atoms with Gasteiger partial charge in [0.2, 0.25) is 5.95 Å². The van der Waals surface area contributed by atoms with Crippen LogP contribution in [-0.2, 0) is 6.42 Å². The Balaban J connectivity index is 1.75. The second-order valence-corrected chi connectivity index (χ2v) is 7.55. The van der Waals surface area contributed by atoms with Crippen LogP contribution in [0.5, 0.6) is 5.75 Å². The lowest BCUT2D eigenvalue weighted by Crippen LogP contribution is -2.37. The van der Waals surface area contributed by atoms with Crippen molar-refractivity contribution in [1.29, 1.82) is 0 Å². The Morgan fingerprint density at radius 2 is 2.00 bits per heavy atom. The lowest BCUT2D eigenvalue weighted by Gasteiger charge is -2.28. The number of nitrogens with zero attached hydrogens (tertiary/aromatic N) is 3. The Labute approximate surface area is 171 Å². The normalized spacial score (nSPS) is 19.8. The molecule has 0 radical (unpaired) electrons. The Morgan fingerprint density at radius 3 is 2.73 bits per heavy atom. The number of fused-ring (bicyclic) bond motifs is 1. The topological polar surface area (TPSA) is 71.7 Å². The van der Waals surface area contributed by atoms with Gasteiger partial charge in [0.15, 0.2) is 0 Å². The van der Waals surface area contributed by atoms with E-state index in [-0.39, 0.29) is 11.6 Å². The third-order valence-corrected chi connectivity index (χ3v) is 5.47. The van der Waals surface area contributed by atoms with Crippen molar-refractivity contribution in [2.75, 3.05) is 12.4 Å². The van der Waals surface area contributed by atoms with Gasteiger partial charge >= 0.3 is 6.18 Å². The van der Waals surface area contributed by atoms with Crippen LogP contribution in [0.25, 0.3) is 16.8 Å². The number of rotatable bonds is 5. The zero-order chi connectivity index (χ0) is 21.3. The number of benzene rings is 1. The molecular formula is C21H23F3N4O2. The summed E-state index contributed by atoms with van der Waals surface area (Å²) in [5, 5.41) is 22.0. The number of ether oxygens (including phenoxy) is 1. The van der Waals surface area contributed by atoms with Crippen LogP contribution < -0.4 is 10.1 Å². The van der Waals surface area contributed by atoms with E-state index in [9.17, 15) is 18.3 Å². The first-order chi connectivity index (χ1) is 14.4. The fourth-order valence-electron chi connectivity index (χ4n) is 3.98. The number of alkyl halides is 3. The largest absolute Gasteiger partial charge is 0.497 e. The molecule has 0 amide bonds. The van der Waals surface area contributed by atoms with Gasteiger partial charge in [-0.15, -0.1) is 10.2 Å². The molecule has 0 unspecified atom stereocenters. The number of halogens is 3. The van der Waals surface area contributed by atoms with Crippen LogP contribution in [0.15, 0.2) is 36.5 Å². The monoisotopic (exact) mass is 420 g/mol. The molecule has 4 rings (SSSR count). The number of methoxy groups -OCH3 is 1. The molecular weight excluding hydrogens is 397 g/mol. The SMILES string of the molecule is COc1ccc(-c2nnc(N[C@@H]3CCCC[C@H]3O)n3cccc23)c(CC(F)(F)F)c1. The van der Waals surface area contributed by atoms with Gasteiger partial charge in [0.25, 0.3) is 0 Å². The lowest BCUT2D eigenvalue weighted by molar-refractivity contribution is -0.127. The second-order valence-electron chi connectivity index (χ2n) is 7.55. The summed E-state index contributed by atoms with van der Waals surface area (Å²) in [6, 6.07) is 8.02. The number of anilines is 1. The van der Waals surface area contributed by atoms with Crippen LogP contribution in [0, 0.1) is 0 Å². The van der Waals surface area contributed by atoms with E-state index in [0.29, 0.717) is 28.5 Å². The Hall–Kier alpha value is -2.81. The third-order valence-electron chi connectivity index (χ3n) is 5.47. The van der Waals surface area contributed by atoms with Crippen molar-refractivity contribution in [2.45, 2.75) is 50.4 Å². The molecule has 30 heavy (non-hydrogen) atoms. The maximum Gasteiger partial charge on any atom is 0.393 e. The third kappa shape index (κ3) is 4.21. The molecule has 0 saturated heterocycles. The highest BCUT2D eigenvalue weighted by Crippen LogP contribution is 2.34. The van der Waals surface area contributed by atoms with Crippen LogP contribution >= 0.6 is 0 Å². The van der Waals surface area contributed by atoms with Gasteiger partial charge in [0.1, 0.15) is 11.4 Å². The Kier molecular flexibility index (Phi) is 5.55. The first kappa shape index (κ1) is 20.5. The van der Waals surface area contributed by atoms with Crippen molar-refractivity contribution in [3.63, 3.8) is 0 Å². The van der Waals surface area contributed by atoms with E-state index in [1.54, 1.807) is 34.9 Å². The average molecular weight is 420 g/mol. The van der Waals surface area contributed by atoms with Crippen LogP contribution in [0.4, 0.5) is 19.1 Å². The van der Waals surface area contributed by atoms with Gasteiger partial charge in [0.05, 0.1) is 31.2 Å². The van der Waals surface area contributed by atoms with Crippen molar-refractivity contribution < 1.29 is 23.0 Å². The minimum absolute atomic E-state index is 0.0719.